The number of piperazine rings is 1. The number of fused-ring (bicyclic) bond motifs is 2. The normalized spacial score (nSPS) is 17.5. The highest BCUT2D eigenvalue weighted by molar-refractivity contribution is 5.84. The molecule has 4 heterocycles. The number of imidazole rings is 1. The molecule has 1 aliphatic rings. The summed E-state index contributed by atoms with van der Waals surface area (Å²) in [5.41, 5.74) is 3.89. The lowest BCUT2D eigenvalue weighted by Crippen LogP contribution is -2.49. The number of hydrogen-bond acceptors (Lipinski definition) is 6. The molecule has 0 radical (unpaired) electrons. The molecule has 1 fully saturated rings. The number of rotatable bonds is 2. The van der Waals surface area contributed by atoms with E-state index in [9.17, 15) is 4.79 Å². The van der Waals surface area contributed by atoms with E-state index >= 15 is 0 Å². The van der Waals surface area contributed by atoms with Crippen molar-refractivity contribution in [3.05, 3.63) is 59.0 Å². The van der Waals surface area contributed by atoms with Gasteiger partial charge in [0.1, 0.15) is 5.58 Å². The van der Waals surface area contributed by atoms with Gasteiger partial charge < -0.3 is 19.0 Å². The fourth-order valence-electron chi connectivity index (χ4n) is 3.82. The van der Waals surface area contributed by atoms with Gasteiger partial charge in [0, 0.05) is 61.4 Å². The first-order valence-corrected chi connectivity index (χ1v) is 9.45. The second-order valence-electron chi connectivity index (χ2n) is 7.34. The number of nitrogens with zero attached hydrogens (tertiary/aromatic N) is 4. The van der Waals surface area contributed by atoms with Crippen LogP contribution in [0.5, 0.6) is 0 Å². The lowest BCUT2D eigenvalue weighted by molar-refractivity contribution is 0.484. The summed E-state index contributed by atoms with van der Waals surface area (Å²) in [6.45, 7) is 6.89. The summed E-state index contributed by atoms with van der Waals surface area (Å²) in [4.78, 5) is 23.8. The highest BCUT2D eigenvalue weighted by Gasteiger charge is 2.17. The van der Waals surface area contributed by atoms with Crippen LogP contribution in [-0.2, 0) is 0 Å². The lowest BCUT2D eigenvalue weighted by atomic mass is 10.1. The van der Waals surface area contributed by atoms with Crippen LogP contribution >= 0.6 is 0 Å². The summed E-state index contributed by atoms with van der Waals surface area (Å²) in [5.74, 6) is 0. The number of hydrogen-bond donors (Lipinski definition) is 1. The standard InChI is InChI=1S/C21H21N5O2/c1-13-11-25(7-5-22-13)16-4-3-15-9-17(21(27)28-19(15)10-16)18-12-26-8-6-23-14(2)20(26)24-18/h3-4,6,8-10,12-13,22H,5,7,11H2,1-2H3/t13-/m0/s1. The molecule has 4 aromatic rings. The molecule has 1 atom stereocenters. The molecule has 0 spiro atoms. The summed E-state index contributed by atoms with van der Waals surface area (Å²) in [5, 5.41) is 4.32. The SMILES string of the molecule is Cc1nccn2cc(-c3cc4ccc(N5CCN[C@@H](C)C5)cc4oc3=O)nc12. The van der Waals surface area contributed by atoms with Crippen molar-refractivity contribution in [3.8, 4) is 11.3 Å². The maximum absolute atomic E-state index is 12.7. The third-order valence-electron chi connectivity index (χ3n) is 5.28. The van der Waals surface area contributed by atoms with E-state index < -0.39 is 0 Å². The topological polar surface area (TPSA) is 75.7 Å². The molecule has 5 rings (SSSR count). The Morgan fingerprint density at radius 1 is 1.29 bits per heavy atom. The zero-order valence-electron chi connectivity index (χ0n) is 15.8. The third-order valence-corrected chi connectivity index (χ3v) is 5.28. The monoisotopic (exact) mass is 375 g/mol. The van der Waals surface area contributed by atoms with Gasteiger partial charge in [-0.05, 0) is 32.0 Å². The average molecular weight is 375 g/mol. The van der Waals surface area contributed by atoms with Crippen molar-refractivity contribution < 1.29 is 4.42 Å². The van der Waals surface area contributed by atoms with E-state index in [0.717, 1.165) is 42.0 Å². The summed E-state index contributed by atoms with van der Waals surface area (Å²) in [7, 11) is 0. The first kappa shape index (κ1) is 16.9. The van der Waals surface area contributed by atoms with Crippen LogP contribution in [0.3, 0.4) is 0 Å². The fraction of sp³-hybridized carbons (Fsp3) is 0.286. The largest absolute Gasteiger partial charge is 0.422 e. The van der Waals surface area contributed by atoms with Crippen molar-refractivity contribution >= 4 is 22.3 Å². The second kappa shape index (κ2) is 6.45. The van der Waals surface area contributed by atoms with Crippen LogP contribution in [0.15, 0.2) is 52.1 Å². The second-order valence-corrected chi connectivity index (χ2v) is 7.34. The molecule has 7 heteroatoms. The average Bonchev–Trinajstić information content (AvgIpc) is 3.12. The van der Waals surface area contributed by atoms with Crippen LogP contribution in [0.2, 0.25) is 0 Å². The molecular formula is C21H21N5O2. The van der Waals surface area contributed by atoms with Gasteiger partial charge in [0.25, 0.3) is 0 Å². The highest BCUT2D eigenvalue weighted by Crippen LogP contribution is 2.26. The van der Waals surface area contributed by atoms with E-state index in [-0.39, 0.29) is 5.63 Å². The first-order chi connectivity index (χ1) is 13.6. The van der Waals surface area contributed by atoms with Gasteiger partial charge in [-0.3, -0.25) is 4.98 Å². The number of nitrogens with one attached hydrogen (secondary N) is 1. The molecule has 1 aliphatic heterocycles. The summed E-state index contributed by atoms with van der Waals surface area (Å²) >= 11 is 0. The maximum Gasteiger partial charge on any atom is 0.345 e. The van der Waals surface area contributed by atoms with E-state index in [1.54, 1.807) is 6.20 Å². The zero-order valence-corrected chi connectivity index (χ0v) is 15.8. The van der Waals surface area contributed by atoms with E-state index in [2.05, 4.69) is 33.2 Å². The smallest absolute Gasteiger partial charge is 0.345 e. The van der Waals surface area contributed by atoms with Crippen molar-refractivity contribution in [1.82, 2.24) is 19.7 Å². The Labute approximate surface area is 161 Å². The van der Waals surface area contributed by atoms with E-state index in [1.165, 1.54) is 0 Å². The minimum absolute atomic E-state index is 0.382. The Morgan fingerprint density at radius 2 is 2.18 bits per heavy atom. The predicted octanol–water partition coefficient (Wildman–Crippen LogP) is 2.61. The number of aromatic nitrogens is 3. The van der Waals surface area contributed by atoms with E-state index in [1.807, 2.05) is 41.9 Å². The molecule has 7 nitrogen and oxygen atoms in total. The van der Waals surface area contributed by atoms with Crippen LogP contribution in [-0.4, -0.2) is 40.0 Å². The van der Waals surface area contributed by atoms with Crippen molar-refractivity contribution in [2.24, 2.45) is 0 Å². The Bertz CT molecular complexity index is 1240. The van der Waals surface area contributed by atoms with Crippen LogP contribution in [0.25, 0.3) is 27.9 Å². The Balaban J connectivity index is 1.57. The quantitative estimate of drug-likeness (QED) is 0.543. The number of aryl methyl sites for hydroxylation is 1. The third kappa shape index (κ3) is 2.84. The van der Waals surface area contributed by atoms with Gasteiger partial charge in [-0.2, -0.15) is 0 Å². The number of benzene rings is 1. The lowest BCUT2D eigenvalue weighted by Gasteiger charge is -2.33. The number of anilines is 1. The molecule has 1 aromatic carbocycles. The van der Waals surface area contributed by atoms with Crippen LogP contribution < -0.4 is 15.8 Å². The van der Waals surface area contributed by atoms with Crippen LogP contribution in [0.4, 0.5) is 5.69 Å². The van der Waals surface area contributed by atoms with Gasteiger partial charge >= 0.3 is 5.63 Å². The van der Waals surface area contributed by atoms with Gasteiger partial charge in [-0.15, -0.1) is 0 Å². The molecule has 0 bridgehead atoms. The fourth-order valence-corrected chi connectivity index (χ4v) is 3.82. The van der Waals surface area contributed by atoms with Gasteiger partial charge in [0.2, 0.25) is 0 Å². The van der Waals surface area contributed by atoms with E-state index in [4.69, 9.17) is 4.42 Å². The Hall–Kier alpha value is -3.19. The summed E-state index contributed by atoms with van der Waals surface area (Å²) < 4.78 is 7.54. The Kier molecular flexibility index (Phi) is 3.91. The molecule has 0 aliphatic carbocycles. The molecule has 0 saturated carbocycles. The van der Waals surface area contributed by atoms with Crippen molar-refractivity contribution in [3.63, 3.8) is 0 Å². The molecule has 0 amide bonds. The minimum atomic E-state index is -0.382. The Morgan fingerprint density at radius 3 is 3.00 bits per heavy atom. The summed E-state index contributed by atoms with van der Waals surface area (Å²) in [6.07, 6.45) is 5.37. The molecule has 142 valence electrons. The zero-order chi connectivity index (χ0) is 19.3. The van der Waals surface area contributed by atoms with Crippen LogP contribution in [0, 0.1) is 6.92 Å². The molecule has 0 unspecified atom stereocenters. The summed E-state index contributed by atoms with van der Waals surface area (Å²) in [6, 6.07) is 8.34. The van der Waals surface area contributed by atoms with Gasteiger partial charge in [0.15, 0.2) is 5.65 Å². The predicted molar refractivity (Wildman–Crippen MR) is 109 cm³/mol. The van der Waals surface area contributed by atoms with Gasteiger partial charge in [-0.1, -0.05) is 0 Å². The van der Waals surface area contributed by atoms with E-state index in [0.29, 0.717) is 22.9 Å². The molecule has 3 aromatic heterocycles. The van der Waals surface area contributed by atoms with Crippen molar-refractivity contribution in [2.45, 2.75) is 19.9 Å². The van der Waals surface area contributed by atoms with Gasteiger partial charge in [-0.25, -0.2) is 9.78 Å². The molecule has 1 saturated heterocycles. The molecule has 28 heavy (non-hydrogen) atoms. The van der Waals surface area contributed by atoms with Crippen LogP contribution in [0.1, 0.15) is 12.6 Å². The first-order valence-electron chi connectivity index (χ1n) is 9.45. The minimum Gasteiger partial charge on any atom is -0.422 e. The molecular weight excluding hydrogens is 354 g/mol. The molecule has 1 N–H and O–H groups in total. The maximum atomic E-state index is 12.7. The van der Waals surface area contributed by atoms with Gasteiger partial charge in [0.05, 0.1) is 17.0 Å². The van der Waals surface area contributed by atoms with Crippen molar-refractivity contribution in [1.29, 1.82) is 0 Å². The highest BCUT2D eigenvalue weighted by atomic mass is 16.4. The van der Waals surface area contributed by atoms with Crippen molar-refractivity contribution in [2.75, 3.05) is 24.5 Å².